The van der Waals surface area contributed by atoms with Gasteiger partial charge in [-0.15, -0.1) is 0 Å². The fraction of sp³-hybridized carbons (Fsp3) is 0.947. The Morgan fingerprint density at radius 1 is 1.00 bits per heavy atom. The van der Waals surface area contributed by atoms with Gasteiger partial charge in [-0.3, -0.25) is 4.90 Å². The Morgan fingerprint density at radius 2 is 1.65 bits per heavy atom. The van der Waals surface area contributed by atoms with E-state index in [1.807, 2.05) is 11.8 Å². The van der Waals surface area contributed by atoms with E-state index in [-0.39, 0.29) is 12.1 Å². The lowest BCUT2D eigenvalue weighted by Gasteiger charge is -2.44. The number of nitrogens with one attached hydrogen (secondary N) is 1. The van der Waals surface area contributed by atoms with Crippen LogP contribution in [0, 0.1) is 5.92 Å². The van der Waals surface area contributed by atoms with Gasteiger partial charge in [0.15, 0.2) is 0 Å². The third-order valence-corrected chi connectivity index (χ3v) is 6.56. The highest BCUT2D eigenvalue weighted by Gasteiger charge is 2.39. The van der Waals surface area contributed by atoms with Crippen LogP contribution in [-0.4, -0.2) is 87.7 Å². The van der Waals surface area contributed by atoms with Crippen molar-refractivity contribution in [2.24, 2.45) is 5.92 Å². The lowest BCUT2D eigenvalue weighted by atomic mass is 9.91. The molecule has 3 fully saturated rings. The van der Waals surface area contributed by atoms with E-state index < -0.39 is 18.3 Å². The number of hydrogen-bond acceptors (Lipinski definition) is 5. The third kappa shape index (κ3) is 4.68. The van der Waals surface area contributed by atoms with Gasteiger partial charge in [-0.25, -0.2) is 4.79 Å². The number of carbonyl (C=O) groups excluding carboxylic acids is 1. The number of carbonyl (C=O) groups is 1. The quantitative estimate of drug-likeness (QED) is 0.582. The van der Waals surface area contributed by atoms with Gasteiger partial charge in [-0.05, 0) is 38.5 Å². The van der Waals surface area contributed by atoms with Gasteiger partial charge in [0.1, 0.15) is 6.10 Å². The first-order valence-electron chi connectivity index (χ1n) is 10.3. The normalized spacial score (nSPS) is 35.5. The number of urea groups is 1. The largest absolute Gasteiger partial charge is 0.389 e. The van der Waals surface area contributed by atoms with Gasteiger partial charge in [0, 0.05) is 38.3 Å². The lowest BCUT2D eigenvalue weighted by molar-refractivity contribution is -0.136. The molecule has 2 amide bonds. The number of rotatable bonds is 3. The topological polar surface area (TPSA) is 96.3 Å². The summed E-state index contributed by atoms with van der Waals surface area (Å²) in [6.45, 7) is 4.60. The maximum atomic E-state index is 12.4. The predicted molar refractivity (Wildman–Crippen MR) is 98.8 cm³/mol. The molecule has 3 rings (SSSR count). The number of hydrogen-bond donors (Lipinski definition) is 4. The zero-order valence-corrected chi connectivity index (χ0v) is 15.9. The average molecular weight is 370 g/mol. The number of aliphatic hydroxyl groups excluding tert-OH is 3. The Bertz CT molecular complexity index is 464. The second-order valence-corrected chi connectivity index (χ2v) is 8.46. The molecule has 26 heavy (non-hydrogen) atoms. The molecule has 0 aromatic carbocycles. The molecular weight excluding hydrogens is 334 g/mol. The van der Waals surface area contributed by atoms with Crippen molar-refractivity contribution in [3.63, 3.8) is 0 Å². The highest BCUT2D eigenvalue weighted by atomic mass is 16.4. The smallest absolute Gasteiger partial charge is 0.317 e. The molecule has 3 aliphatic rings. The summed E-state index contributed by atoms with van der Waals surface area (Å²) in [4.78, 5) is 16.5. The lowest BCUT2D eigenvalue weighted by Crippen LogP contribution is -2.61. The molecule has 4 N–H and O–H groups in total. The Balaban J connectivity index is 1.42. The van der Waals surface area contributed by atoms with Gasteiger partial charge >= 0.3 is 6.03 Å². The van der Waals surface area contributed by atoms with Crippen LogP contribution in [-0.2, 0) is 0 Å². The summed E-state index contributed by atoms with van der Waals surface area (Å²) in [5.41, 5.74) is 0. The first-order valence-corrected chi connectivity index (χ1v) is 10.3. The summed E-state index contributed by atoms with van der Waals surface area (Å²) in [6.07, 6.45) is 4.92. The molecule has 0 aromatic heterocycles. The first-order chi connectivity index (χ1) is 12.5. The molecule has 7 heteroatoms. The van der Waals surface area contributed by atoms with Crippen molar-refractivity contribution >= 4 is 6.03 Å². The van der Waals surface area contributed by atoms with Crippen molar-refractivity contribution in [2.45, 2.75) is 82.3 Å². The highest BCUT2D eigenvalue weighted by molar-refractivity contribution is 5.74. The SMILES string of the molecule is C[C@@H]1[C@@H](O)[C@H](O)[C@@H](O)CN1CC1CCN(C(=O)NC2CCCCC2)CC1. The van der Waals surface area contributed by atoms with Crippen molar-refractivity contribution in [1.29, 1.82) is 0 Å². The van der Waals surface area contributed by atoms with Crippen LogP contribution in [0.2, 0.25) is 0 Å². The van der Waals surface area contributed by atoms with Crippen molar-refractivity contribution < 1.29 is 20.1 Å². The minimum Gasteiger partial charge on any atom is -0.389 e. The second kappa shape index (κ2) is 8.87. The van der Waals surface area contributed by atoms with Crippen LogP contribution in [0.5, 0.6) is 0 Å². The van der Waals surface area contributed by atoms with E-state index in [9.17, 15) is 20.1 Å². The molecule has 0 unspecified atom stereocenters. The van der Waals surface area contributed by atoms with E-state index >= 15 is 0 Å². The molecule has 0 spiro atoms. The van der Waals surface area contributed by atoms with E-state index in [0.29, 0.717) is 18.5 Å². The van der Waals surface area contributed by atoms with Crippen molar-refractivity contribution in [1.82, 2.24) is 15.1 Å². The molecule has 1 aliphatic carbocycles. The number of likely N-dealkylation sites (tertiary alicyclic amines) is 2. The maximum Gasteiger partial charge on any atom is 0.317 e. The van der Waals surface area contributed by atoms with Crippen LogP contribution in [0.1, 0.15) is 51.9 Å². The molecule has 4 atom stereocenters. The van der Waals surface area contributed by atoms with Gasteiger partial charge in [0.05, 0.1) is 12.2 Å². The van der Waals surface area contributed by atoms with Gasteiger partial charge < -0.3 is 25.5 Å². The van der Waals surface area contributed by atoms with Crippen molar-refractivity contribution in [3.8, 4) is 0 Å². The van der Waals surface area contributed by atoms with Crippen molar-refractivity contribution in [2.75, 3.05) is 26.2 Å². The number of piperidine rings is 2. The van der Waals surface area contributed by atoms with Crippen LogP contribution in [0.3, 0.4) is 0 Å². The number of amides is 2. The first kappa shape index (κ1) is 19.9. The van der Waals surface area contributed by atoms with Crippen LogP contribution < -0.4 is 5.32 Å². The zero-order valence-electron chi connectivity index (χ0n) is 15.9. The van der Waals surface area contributed by atoms with E-state index in [0.717, 1.165) is 45.3 Å². The molecule has 7 nitrogen and oxygen atoms in total. The summed E-state index contributed by atoms with van der Waals surface area (Å²) in [5.74, 6) is 0.450. The van der Waals surface area contributed by atoms with Crippen LogP contribution >= 0.6 is 0 Å². The molecule has 0 bridgehead atoms. The number of nitrogens with zero attached hydrogens (tertiary/aromatic N) is 2. The molecule has 2 saturated heterocycles. The number of aliphatic hydroxyl groups is 3. The number of β-amino-alcohol motifs (C(OH)–C–C–N with tert-alkyl or cyclic N) is 1. The fourth-order valence-electron chi connectivity index (χ4n) is 4.65. The van der Waals surface area contributed by atoms with Crippen molar-refractivity contribution in [3.05, 3.63) is 0 Å². The molecule has 150 valence electrons. The molecule has 1 saturated carbocycles. The minimum atomic E-state index is -1.06. The Labute approximate surface area is 156 Å². The Kier molecular flexibility index (Phi) is 6.77. The van der Waals surface area contributed by atoms with E-state index in [2.05, 4.69) is 10.2 Å². The van der Waals surface area contributed by atoms with E-state index in [1.165, 1.54) is 19.3 Å². The summed E-state index contributed by atoms with van der Waals surface area (Å²) in [7, 11) is 0. The monoisotopic (exact) mass is 369 g/mol. The summed E-state index contributed by atoms with van der Waals surface area (Å²) < 4.78 is 0. The zero-order chi connectivity index (χ0) is 18.7. The van der Waals surface area contributed by atoms with Crippen LogP contribution in [0.4, 0.5) is 4.79 Å². The molecule has 2 aliphatic heterocycles. The van der Waals surface area contributed by atoms with Gasteiger partial charge in [0.2, 0.25) is 0 Å². The van der Waals surface area contributed by atoms with E-state index in [4.69, 9.17) is 0 Å². The molecular formula is C19H35N3O4. The summed E-state index contributed by atoms with van der Waals surface area (Å²) >= 11 is 0. The molecule has 0 aromatic rings. The Hall–Kier alpha value is -0.890. The highest BCUT2D eigenvalue weighted by Crippen LogP contribution is 2.25. The van der Waals surface area contributed by atoms with Crippen LogP contribution in [0.25, 0.3) is 0 Å². The fourth-order valence-corrected chi connectivity index (χ4v) is 4.65. The van der Waals surface area contributed by atoms with Gasteiger partial charge in [0.25, 0.3) is 0 Å². The van der Waals surface area contributed by atoms with Gasteiger partial charge in [-0.2, -0.15) is 0 Å². The standard InChI is InChI=1S/C19H35N3O4/c1-13-17(24)18(25)16(23)12-22(13)11-14-7-9-21(10-8-14)19(26)20-15-5-3-2-4-6-15/h13-18,23-25H,2-12H2,1H3,(H,20,26)/t13-,16+,17-,18-/m1/s1. The minimum absolute atomic E-state index is 0.0793. The molecule has 2 heterocycles. The van der Waals surface area contributed by atoms with Crippen LogP contribution in [0.15, 0.2) is 0 Å². The second-order valence-electron chi connectivity index (χ2n) is 8.46. The Morgan fingerprint density at radius 3 is 2.31 bits per heavy atom. The molecule has 0 radical (unpaired) electrons. The average Bonchev–Trinajstić information content (AvgIpc) is 2.65. The maximum absolute atomic E-state index is 12.4. The van der Waals surface area contributed by atoms with Gasteiger partial charge in [-0.1, -0.05) is 19.3 Å². The summed E-state index contributed by atoms with van der Waals surface area (Å²) in [6, 6.07) is 0.259. The van der Waals surface area contributed by atoms with E-state index in [1.54, 1.807) is 0 Å². The third-order valence-electron chi connectivity index (χ3n) is 6.56. The summed E-state index contributed by atoms with van der Waals surface area (Å²) in [5, 5.41) is 33.0. The predicted octanol–water partition coefficient (Wildman–Crippen LogP) is 0.528.